The highest BCUT2D eigenvalue weighted by Crippen LogP contribution is 2.20. The van der Waals surface area contributed by atoms with Crippen molar-refractivity contribution in [3.63, 3.8) is 0 Å². The largest absolute Gasteiger partial charge is 0.449 e. The highest BCUT2D eigenvalue weighted by Gasteiger charge is 2.13. The summed E-state index contributed by atoms with van der Waals surface area (Å²) in [4.78, 5) is 23.3. The van der Waals surface area contributed by atoms with E-state index in [1.54, 1.807) is 18.3 Å². The molecule has 0 aromatic carbocycles. The monoisotopic (exact) mass is 214 g/mol. The molecule has 2 aliphatic rings. The Kier molecular flexibility index (Phi) is 1.64. The number of anilines is 1. The van der Waals surface area contributed by atoms with Crippen molar-refractivity contribution in [1.29, 1.82) is 0 Å². The van der Waals surface area contributed by atoms with Gasteiger partial charge in [-0.3, -0.25) is 4.79 Å². The second-order valence-electron chi connectivity index (χ2n) is 3.23. The highest BCUT2D eigenvalue weighted by molar-refractivity contribution is 5.71. The molecular weight excluding hydrogens is 208 g/mol. The van der Waals surface area contributed by atoms with E-state index in [0.29, 0.717) is 17.0 Å². The molecule has 0 unspecified atom stereocenters. The van der Waals surface area contributed by atoms with Gasteiger partial charge in [-0.15, -0.1) is 0 Å². The van der Waals surface area contributed by atoms with E-state index in [0.717, 1.165) is 0 Å². The average molecular weight is 214 g/mol. The summed E-state index contributed by atoms with van der Waals surface area (Å²) in [6.07, 6.45) is 1.60. The molecule has 3 heterocycles. The number of aromatic nitrogens is 3. The Balaban J connectivity index is 2.48. The molecule has 0 spiro atoms. The van der Waals surface area contributed by atoms with Crippen LogP contribution in [0.3, 0.4) is 0 Å². The van der Waals surface area contributed by atoms with Crippen LogP contribution >= 0.6 is 0 Å². The van der Waals surface area contributed by atoms with Gasteiger partial charge in [-0.05, 0) is 12.1 Å². The molecule has 0 aliphatic carbocycles. The fourth-order valence-corrected chi connectivity index (χ4v) is 1.40. The van der Waals surface area contributed by atoms with Gasteiger partial charge in [0.1, 0.15) is 0 Å². The Morgan fingerprint density at radius 1 is 1.31 bits per heavy atom. The minimum absolute atomic E-state index is 0.0921. The molecule has 1 aromatic rings. The molecule has 0 fully saturated rings. The van der Waals surface area contributed by atoms with Crippen molar-refractivity contribution in [2.24, 2.45) is 0 Å². The first-order valence-electron chi connectivity index (χ1n) is 4.56. The summed E-state index contributed by atoms with van der Waals surface area (Å²) in [5, 5.41) is 0. The van der Waals surface area contributed by atoms with E-state index in [2.05, 4.69) is 15.0 Å². The Hall–Kier alpha value is -2.50. The van der Waals surface area contributed by atoms with Gasteiger partial charge in [0, 0.05) is 12.3 Å². The number of hydrogen-bond acceptors (Lipinski definition) is 6. The summed E-state index contributed by atoms with van der Waals surface area (Å²) in [5.41, 5.74) is 5.96. The van der Waals surface area contributed by atoms with Gasteiger partial charge < -0.3 is 10.2 Å². The zero-order valence-corrected chi connectivity index (χ0v) is 8.04. The van der Waals surface area contributed by atoms with Gasteiger partial charge in [0.15, 0.2) is 28.6 Å². The standard InChI is InChI=1S/C10H6N4O2/c11-8-5(15)4-7-10(13-8)14-9-6(16-7)2-1-3-12-9/h1-4H,(H2,11,12,13,14). The molecule has 2 N–H and O–H groups in total. The molecular formula is C10H6N4O2. The van der Waals surface area contributed by atoms with Crippen molar-refractivity contribution in [2.45, 2.75) is 0 Å². The van der Waals surface area contributed by atoms with Crippen LogP contribution < -0.4 is 11.2 Å². The zero-order chi connectivity index (χ0) is 11.1. The third-order valence-electron chi connectivity index (χ3n) is 2.14. The maximum absolute atomic E-state index is 11.3. The molecule has 0 radical (unpaired) electrons. The summed E-state index contributed by atoms with van der Waals surface area (Å²) < 4.78 is 5.44. The van der Waals surface area contributed by atoms with Crippen LogP contribution in [0.15, 0.2) is 33.6 Å². The average Bonchev–Trinajstić information content (AvgIpc) is 2.28. The van der Waals surface area contributed by atoms with Crippen LogP contribution in [-0.4, -0.2) is 15.0 Å². The van der Waals surface area contributed by atoms with Gasteiger partial charge in [-0.2, -0.15) is 0 Å². The lowest BCUT2D eigenvalue weighted by Gasteiger charge is -2.03. The lowest BCUT2D eigenvalue weighted by Crippen LogP contribution is -2.11. The maximum Gasteiger partial charge on any atom is 0.224 e. The number of fused-ring (bicyclic) bond motifs is 2. The third-order valence-corrected chi connectivity index (χ3v) is 2.14. The number of pyridine rings is 2. The normalized spacial score (nSPS) is 11.0. The van der Waals surface area contributed by atoms with E-state index >= 15 is 0 Å². The number of nitrogen functional groups attached to an aromatic ring is 1. The predicted molar refractivity (Wildman–Crippen MR) is 56.9 cm³/mol. The molecule has 0 bridgehead atoms. The number of nitrogens with two attached hydrogens (primary N) is 1. The van der Waals surface area contributed by atoms with Crippen LogP contribution in [0.5, 0.6) is 0 Å². The molecule has 3 rings (SSSR count). The molecule has 0 atom stereocenters. The molecule has 16 heavy (non-hydrogen) atoms. The molecule has 6 nitrogen and oxygen atoms in total. The van der Waals surface area contributed by atoms with Gasteiger partial charge in [0.25, 0.3) is 0 Å². The first-order chi connectivity index (χ1) is 7.74. The van der Waals surface area contributed by atoms with Crippen LogP contribution in [0.2, 0.25) is 0 Å². The van der Waals surface area contributed by atoms with Gasteiger partial charge in [0.05, 0.1) is 0 Å². The summed E-state index contributed by atoms with van der Waals surface area (Å²) in [5.74, 6) is 0.494. The van der Waals surface area contributed by atoms with Gasteiger partial charge in [0.2, 0.25) is 5.43 Å². The molecule has 0 saturated carbocycles. The smallest absolute Gasteiger partial charge is 0.224 e. The van der Waals surface area contributed by atoms with Crippen molar-refractivity contribution in [3.05, 3.63) is 34.6 Å². The number of rotatable bonds is 0. The van der Waals surface area contributed by atoms with E-state index < -0.39 is 0 Å². The quantitative estimate of drug-likeness (QED) is 0.552. The summed E-state index contributed by atoms with van der Waals surface area (Å²) in [6, 6.07) is 4.72. The molecule has 0 saturated heterocycles. The first kappa shape index (κ1) is 8.78. The van der Waals surface area contributed by atoms with Crippen molar-refractivity contribution in [1.82, 2.24) is 15.0 Å². The van der Waals surface area contributed by atoms with Gasteiger partial charge >= 0.3 is 0 Å². The van der Waals surface area contributed by atoms with Crippen molar-refractivity contribution < 1.29 is 4.42 Å². The van der Waals surface area contributed by atoms with E-state index in [9.17, 15) is 4.79 Å². The first-order valence-corrected chi connectivity index (χ1v) is 4.56. The Morgan fingerprint density at radius 2 is 2.19 bits per heavy atom. The minimum Gasteiger partial charge on any atom is -0.449 e. The van der Waals surface area contributed by atoms with E-state index in [-0.39, 0.29) is 17.1 Å². The Morgan fingerprint density at radius 3 is 3.06 bits per heavy atom. The molecule has 6 heteroatoms. The van der Waals surface area contributed by atoms with Crippen molar-refractivity contribution in [2.75, 3.05) is 5.73 Å². The van der Waals surface area contributed by atoms with Crippen LogP contribution in [0, 0.1) is 0 Å². The zero-order valence-electron chi connectivity index (χ0n) is 8.04. The maximum atomic E-state index is 11.3. The Labute approximate surface area is 89.1 Å². The lowest BCUT2D eigenvalue weighted by molar-refractivity contribution is 0.606. The highest BCUT2D eigenvalue weighted by atomic mass is 16.3. The fraction of sp³-hybridized carbons (Fsp3) is 0. The van der Waals surface area contributed by atoms with Crippen LogP contribution in [0.4, 0.5) is 5.82 Å². The third kappa shape index (κ3) is 1.20. The van der Waals surface area contributed by atoms with Crippen LogP contribution in [0.1, 0.15) is 0 Å². The lowest BCUT2D eigenvalue weighted by atomic mass is 10.3. The van der Waals surface area contributed by atoms with E-state index in [1.165, 1.54) is 6.07 Å². The van der Waals surface area contributed by atoms with Gasteiger partial charge in [-0.25, -0.2) is 15.0 Å². The van der Waals surface area contributed by atoms with Crippen molar-refractivity contribution in [3.8, 4) is 11.6 Å². The summed E-state index contributed by atoms with van der Waals surface area (Å²) >= 11 is 0. The second kappa shape index (κ2) is 2.99. The van der Waals surface area contributed by atoms with Crippen molar-refractivity contribution >= 4 is 17.0 Å². The van der Waals surface area contributed by atoms with E-state index in [1.807, 2.05) is 0 Å². The SMILES string of the molecule is Nc1nc2nc3ncccc3oc-2cc1=O. The Bertz CT molecular complexity index is 707. The molecule has 78 valence electrons. The summed E-state index contributed by atoms with van der Waals surface area (Å²) in [7, 11) is 0. The number of nitrogens with zero attached hydrogens (tertiary/aromatic N) is 3. The topological polar surface area (TPSA) is 94.9 Å². The molecule has 0 amide bonds. The second-order valence-corrected chi connectivity index (χ2v) is 3.23. The van der Waals surface area contributed by atoms with Crippen LogP contribution in [0.25, 0.3) is 22.8 Å². The van der Waals surface area contributed by atoms with Crippen LogP contribution in [-0.2, 0) is 0 Å². The van der Waals surface area contributed by atoms with E-state index in [4.69, 9.17) is 10.2 Å². The molecule has 2 aliphatic heterocycles. The summed E-state index contributed by atoms with van der Waals surface area (Å²) in [6.45, 7) is 0. The van der Waals surface area contributed by atoms with Gasteiger partial charge in [-0.1, -0.05) is 0 Å². The number of hydrogen-bond donors (Lipinski definition) is 1. The predicted octanol–water partition coefficient (Wildman–Crippen LogP) is 0.665. The minimum atomic E-state index is -0.374. The molecule has 1 aromatic heterocycles. The fourth-order valence-electron chi connectivity index (χ4n) is 1.40.